The molecule has 0 saturated heterocycles. The van der Waals surface area contributed by atoms with E-state index in [-0.39, 0.29) is 12.4 Å². The number of hydrogen-bond acceptors (Lipinski definition) is 4. The predicted octanol–water partition coefficient (Wildman–Crippen LogP) is -0.0494. The zero-order valence-corrected chi connectivity index (χ0v) is 9.93. The summed E-state index contributed by atoms with van der Waals surface area (Å²) in [4.78, 5) is 10.4. The Kier molecular flexibility index (Phi) is 6.27. The van der Waals surface area contributed by atoms with E-state index in [0.717, 1.165) is 0 Å². The van der Waals surface area contributed by atoms with Crippen molar-refractivity contribution in [1.82, 2.24) is 5.32 Å². The first-order valence-corrected chi connectivity index (χ1v) is 5.60. The van der Waals surface area contributed by atoms with Crippen LogP contribution in [0.4, 0.5) is 4.39 Å². The Hall–Kier alpha value is -1.50. The molecule has 0 aliphatic rings. The number of benzene rings is 1. The van der Waals surface area contributed by atoms with Crippen LogP contribution >= 0.6 is 0 Å². The van der Waals surface area contributed by atoms with Gasteiger partial charge in [0.05, 0.1) is 12.7 Å². The molecule has 0 saturated carbocycles. The van der Waals surface area contributed by atoms with Gasteiger partial charge in [0.25, 0.3) is 0 Å². The Morgan fingerprint density at radius 2 is 2.11 bits per heavy atom. The van der Waals surface area contributed by atoms with Gasteiger partial charge in [0, 0.05) is 13.1 Å². The summed E-state index contributed by atoms with van der Waals surface area (Å²) in [6, 6.07) is 5.67. The highest BCUT2D eigenvalue weighted by atomic mass is 19.1. The van der Waals surface area contributed by atoms with Crippen LogP contribution in [-0.4, -0.2) is 37.3 Å². The fourth-order valence-corrected chi connectivity index (χ4v) is 1.36. The number of nitrogens with two attached hydrogens (primary N) is 1. The average molecular weight is 256 g/mol. The van der Waals surface area contributed by atoms with E-state index in [0.29, 0.717) is 25.3 Å². The number of aliphatic hydroxyl groups is 1. The lowest BCUT2D eigenvalue weighted by atomic mass is 10.1. The lowest BCUT2D eigenvalue weighted by molar-refractivity contribution is -0.122. The number of aliphatic hydroxyl groups excluding tert-OH is 1. The molecule has 0 heterocycles. The van der Waals surface area contributed by atoms with Crippen molar-refractivity contribution < 1.29 is 19.0 Å². The second kappa shape index (κ2) is 7.75. The molecule has 0 aromatic heterocycles. The van der Waals surface area contributed by atoms with Crippen molar-refractivity contribution in [1.29, 1.82) is 0 Å². The maximum absolute atomic E-state index is 12.7. The van der Waals surface area contributed by atoms with Crippen LogP contribution < -0.4 is 11.1 Å². The van der Waals surface area contributed by atoms with E-state index in [2.05, 4.69) is 5.32 Å². The first kappa shape index (κ1) is 14.6. The summed E-state index contributed by atoms with van der Waals surface area (Å²) in [6.45, 7) is 1.04. The van der Waals surface area contributed by atoms with Gasteiger partial charge >= 0.3 is 0 Å². The lowest BCUT2D eigenvalue weighted by Crippen LogP contribution is -2.27. The third kappa shape index (κ3) is 5.72. The molecule has 1 rings (SSSR count). The van der Waals surface area contributed by atoms with Gasteiger partial charge in [-0.3, -0.25) is 4.79 Å². The van der Waals surface area contributed by atoms with Crippen LogP contribution in [0.25, 0.3) is 0 Å². The first-order valence-electron chi connectivity index (χ1n) is 5.60. The molecule has 0 aliphatic heterocycles. The van der Waals surface area contributed by atoms with Gasteiger partial charge in [-0.05, 0) is 17.7 Å². The minimum absolute atomic E-state index is 0.109. The fraction of sp³-hybridized carbons (Fsp3) is 0.417. The van der Waals surface area contributed by atoms with Crippen LogP contribution in [-0.2, 0) is 9.53 Å². The summed E-state index contributed by atoms with van der Waals surface area (Å²) in [5, 5.41) is 12.7. The average Bonchev–Trinajstić information content (AvgIpc) is 2.34. The Bertz CT molecular complexity index is 370. The number of primary amides is 1. The Morgan fingerprint density at radius 3 is 2.72 bits per heavy atom. The Balaban J connectivity index is 2.15. The van der Waals surface area contributed by atoms with Crippen molar-refractivity contribution in [2.75, 3.05) is 26.3 Å². The van der Waals surface area contributed by atoms with E-state index >= 15 is 0 Å². The van der Waals surface area contributed by atoms with Gasteiger partial charge in [-0.15, -0.1) is 0 Å². The van der Waals surface area contributed by atoms with Gasteiger partial charge in [-0.1, -0.05) is 12.1 Å². The third-order valence-corrected chi connectivity index (χ3v) is 2.26. The number of halogens is 1. The molecule has 1 aromatic rings. The number of ether oxygens (including phenoxy) is 1. The smallest absolute Gasteiger partial charge is 0.243 e. The van der Waals surface area contributed by atoms with E-state index in [1.807, 2.05) is 0 Å². The SMILES string of the molecule is NC(=O)COCCNCC(O)c1ccc(F)cc1. The van der Waals surface area contributed by atoms with E-state index in [1.54, 1.807) is 0 Å². The molecule has 100 valence electrons. The minimum Gasteiger partial charge on any atom is -0.387 e. The first-order chi connectivity index (χ1) is 8.59. The summed E-state index contributed by atoms with van der Waals surface area (Å²) in [5.41, 5.74) is 5.53. The van der Waals surface area contributed by atoms with Gasteiger partial charge in [0.15, 0.2) is 0 Å². The van der Waals surface area contributed by atoms with Gasteiger partial charge < -0.3 is 20.9 Å². The summed E-state index contributed by atoms with van der Waals surface area (Å²) in [7, 11) is 0. The maximum atomic E-state index is 12.7. The molecule has 5 nitrogen and oxygen atoms in total. The molecule has 0 spiro atoms. The molecule has 1 amide bonds. The molecule has 1 unspecified atom stereocenters. The maximum Gasteiger partial charge on any atom is 0.243 e. The summed E-state index contributed by atoms with van der Waals surface area (Å²) < 4.78 is 17.6. The van der Waals surface area contributed by atoms with E-state index in [9.17, 15) is 14.3 Å². The summed E-state index contributed by atoms with van der Waals surface area (Å²) in [6.07, 6.45) is -0.707. The minimum atomic E-state index is -0.707. The van der Waals surface area contributed by atoms with Gasteiger partial charge in [-0.2, -0.15) is 0 Å². The molecule has 0 aliphatic carbocycles. The van der Waals surface area contributed by atoms with Crippen molar-refractivity contribution in [2.24, 2.45) is 5.73 Å². The van der Waals surface area contributed by atoms with Crippen LogP contribution in [0, 0.1) is 5.82 Å². The van der Waals surface area contributed by atoms with Crippen LogP contribution in [0.15, 0.2) is 24.3 Å². The highest BCUT2D eigenvalue weighted by Crippen LogP contribution is 2.11. The van der Waals surface area contributed by atoms with Crippen LogP contribution in [0.2, 0.25) is 0 Å². The fourth-order valence-electron chi connectivity index (χ4n) is 1.36. The van der Waals surface area contributed by atoms with Crippen molar-refractivity contribution in [3.05, 3.63) is 35.6 Å². The Labute approximate surface area is 105 Å². The molecule has 1 atom stereocenters. The van der Waals surface area contributed by atoms with Crippen LogP contribution in [0.5, 0.6) is 0 Å². The van der Waals surface area contributed by atoms with Gasteiger partial charge in [0.2, 0.25) is 5.91 Å². The van der Waals surface area contributed by atoms with E-state index in [4.69, 9.17) is 10.5 Å². The summed E-state index contributed by atoms with van der Waals surface area (Å²) >= 11 is 0. The lowest BCUT2D eigenvalue weighted by Gasteiger charge is -2.12. The normalized spacial score (nSPS) is 12.3. The molecule has 18 heavy (non-hydrogen) atoms. The number of hydrogen-bond donors (Lipinski definition) is 3. The number of amides is 1. The molecule has 0 bridgehead atoms. The van der Waals surface area contributed by atoms with Crippen LogP contribution in [0.3, 0.4) is 0 Å². The zero-order valence-electron chi connectivity index (χ0n) is 9.93. The number of carbonyl (C=O) groups is 1. The molecular weight excluding hydrogens is 239 g/mol. The van der Waals surface area contributed by atoms with Gasteiger partial charge in [0.1, 0.15) is 12.4 Å². The largest absolute Gasteiger partial charge is 0.387 e. The van der Waals surface area contributed by atoms with E-state index < -0.39 is 12.0 Å². The predicted molar refractivity (Wildman–Crippen MR) is 64.2 cm³/mol. The van der Waals surface area contributed by atoms with Crippen molar-refractivity contribution in [3.8, 4) is 0 Å². The molecule has 1 aromatic carbocycles. The summed E-state index contributed by atoms with van der Waals surface area (Å²) in [5.74, 6) is -0.847. The second-order valence-corrected chi connectivity index (χ2v) is 3.79. The molecular formula is C12H17FN2O3. The van der Waals surface area contributed by atoms with Crippen molar-refractivity contribution in [2.45, 2.75) is 6.10 Å². The highest BCUT2D eigenvalue weighted by molar-refractivity contribution is 5.74. The quantitative estimate of drug-likeness (QED) is 0.569. The van der Waals surface area contributed by atoms with Crippen molar-refractivity contribution >= 4 is 5.91 Å². The topological polar surface area (TPSA) is 84.6 Å². The monoisotopic (exact) mass is 256 g/mol. The molecule has 0 fully saturated rings. The van der Waals surface area contributed by atoms with Crippen LogP contribution in [0.1, 0.15) is 11.7 Å². The van der Waals surface area contributed by atoms with Crippen molar-refractivity contribution in [3.63, 3.8) is 0 Å². The number of nitrogens with one attached hydrogen (secondary N) is 1. The zero-order chi connectivity index (χ0) is 13.4. The second-order valence-electron chi connectivity index (χ2n) is 3.79. The van der Waals surface area contributed by atoms with Gasteiger partial charge in [-0.25, -0.2) is 4.39 Å². The highest BCUT2D eigenvalue weighted by Gasteiger charge is 2.06. The Morgan fingerprint density at radius 1 is 1.44 bits per heavy atom. The standard InChI is InChI=1S/C12H17FN2O3/c13-10-3-1-9(2-4-10)11(16)7-15-5-6-18-8-12(14)17/h1-4,11,15-16H,5-8H2,(H2,14,17). The molecule has 4 N–H and O–H groups in total. The van der Waals surface area contributed by atoms with E-state index in [1.165, 1.54) is 24.3 Å². The number of rotatable bonds is 8. The number of carbonyl (C=O) groups excluding carboxylic acids is 1. The molecule has 0 radical (unpaired) electrons. The molecule has 6 heteroatoms. The third-order valence-electron chi connectivity index (χ3n) is 2.26.